The molecule has 3 heterocycles. The van der Waals surface area contributed by atoms with Crippen LogP contribution in [0, 0.1) is 0 Å². The molecule has 0 spiro atoms. The number of fused-ring (bicyclic) bond motifs is 3. The first-order chi connectivity index (χ1) is 18.1. The van der Waals surface area contributed by atoms with Crippen molar-refractivity contribution in [3.63, 3.8) is 0 Å². The number of nitrogens with zero attached hydrogens (tertiary/aromatic N) is 4. The first kappa shape index (κ1) is 23.2. The fourth-order valence-electron chi connectivity index (χ4n) is 4.64. The molecule has 0 atom stereocenters. The Morgan fingerprint density at radius 1 is 0.973 bits per heavy atom. The summed E-state index contributed by atoms with van der Waals surface area (Å²) in [5.74, 6) is 0.773. The molecular formula is C28H22BrN5O3. The molecule has 5 aromatic rings. The van der Waals surface area contributed by atoms with E-state index in [4.69, 9.17) is 4.74 Å². The minimum Gasteiger partial charge on any atom is -0.457 e. The van der Waals surface area contributed by atoms with Crippen LogP contribution >= 0.6 is 15.9 Å². The number of aromatic nitrogens is 4. The molecule has 0 saturated carbocycles. The van der Waals surface area contributed by atoms with E-state index in [1.54, 1.807) is 15.6 Å². The van der Waals surface area contributed by atoms with E-state index in [-0.39, 0.29) is 11.5 Å². The first-order valence-electron chi connectivity index (χ1n) is 11.9. The van der Waals surface area contributed by atoms with Crippen molar-refractivity contribution >= 4 is 32.9 Å². The van der Waals surface area contributed by atoms with Crippen molar-refractivity contribution in [1.29, 1.82) is 0 Å². The van der Waals surface area contributed by atoms with Gasteiger partial charge in [-0.15, -0.1) is 0 Å². The van der Waals surface area contributed by atoms with Gasteiger partial charge in [0, 0.05) is 22.1 Å². The SMILES string of the molecule is O=C(NCCn1ncc2c(=O)n(Cc3ccc(Br)cc3)cnc21)C1c2ccccc2Oc2ccccc21. The number of nitrogens with one attached hydrogen (secondary N) is 1. The largest absolute Gasteiger partial charge is 0.457 e. The zero-order chi connectivity index (χ0) is 25.4. The maximum atomic E-state index is 13.3. The highest BCUT2D eigenvalue weighted by Crippen LogP contribution is 2.43. The second-order valence-electron chi connectivity index (χ2n) is 8.81. The molecule has 0 saturated heterocycles. The Labute approximate surface area is 220 Å². The molecule has 1 aliphatic rings. The Balaban J connectivity index is 1.18. The molecule has 1 amide bonds. The number of carbonyl (C=O) groups is 1. The number of hydrogen-bond acceptors (Lipinski definition) is 5. The van der Waals surface area contributed by atoms with E-state index in [0.29, 0.717) is 42.2 Å². The summed E-state index contributed by atoms with van der Waals surface area (Å²) in [6.07, 6.45) is 3.08. The third kappa shape index (κ3) is 4.42. The molecule has 0 aliphatic carbocycles. The van der Waals surface area contributed by atoms with E-state index in [2.05, 4.69) is 31.3 Å². The van der Waals surface area contributed by atoms with Gasteiger partial charge >= 0.3 is 0 Å². The number of rotatable bonds is 6. The van der Waals surface area contributed by atoms with Gasteiger partial charge in [-0.1, -0.05) is 64.5 Å². The van der Waals surface area contributed by atoms with Crippen LogP contribution in [0.2, 0.25) is 0 Å². The van der Waals surface area contributed by atoms with Crippen LogP contribution < -0.4 is 15.6 Å². The predicted molar refractivity (Wildman–Crippen MR) is 143 cm³/mol. The van der Waals surface area contributed by atoms with Crippen molar-refractivity contribution in [1.82, 2.24) is 24.6 Å². The normalized spacial score (nSPS) is 12.6. The Bertz CT molecular complexity index is 1630. The third-order valence-corrected chi connectivity index (χ3v) is 6.98. The van der Waals surface area contributed by atoms with Crippen molar-refractivity contribution < 1.29 is 9.53 Å². The highest BCUT2D eigenvalue weighted by molar-refractivity contribution is 9.10. The summed E-state index contributed by atoms with van der Waals surface area (Å²) in [7, 11) is 0. The first-order valence-corrected chi connectivity index (χ1v) is 12.7. The van der Waals surface area contributed by atoms with Gasteiger partial charge in [0.25, 0.3) is 5.56 Å². The molecule has 0 unspecified atom stereocenters. The number of benzene rings is 3. The fourth-order valence-corrected chi connectivity index (χ4v) is 4.90. The summed E-state index contributed by atoms with van der Waals surface area (Å²) in [6, 6.07) is 23.0. The molecule has 6 rings (SSSR count). The topological polar surface area (TPSA) is 91.0 Å². The fraction of sp³-hybridized carbons (Fsp3) is 0.143. The lowest BCUT2D eigenvalue weighted by Crippen LogP contribution is -2.34. The van der Waals surface area contributed by atoms with Gasteiger partial charge in [-0.2, -0.15) is 5.10 Å². The summed E-state index contributed by atoms with van der Waals surface area (Å²) in [6.45, 7) is 1.14. The van der Waals surface area contributed by atoms with E-state index >= 15 is 0 Å². The van der Waals surface area contributed by atoms with Gasteiger partial charge in [-0.25, -0.2) is 9.67 Å². The van der Waals surface area contributed by atoms with E-state index in [0.717, 1.165) is 21.2 Å². The number of halogens is 1. The average molecular weight is 556 g/mol. The van der Waals surface area contributed by atoms with Gasteiger partial charge in [-0.3, -0.25) is 14.2 Å². The second-order valence-corrected chi connectivity index (χ2v) is 9.73. The second kappa shape index (κ2) is 9.67. The van der Waals surface area contributed by atoms with Crippen LogP contribution in [0.25, 0.3) is 11.0 Å². The number of carbonyl (C=O) groups excluding carboxylic acids is 1. The summed E-state index contributed by atoms with van der Waals surface area (Å²) in [4.78, 5) is 30.8. The van der Waals surface area contributed by atoms with E-state index in [1.807, 2.05) is 72.8 Å². The molecule has 0 bridgehead atoms. The van der Waals surface area contributed by atoms with Crippen LogP contribution in [-0.4, -0.2) is 31.8 Å². The molecule has 3 aromatic carbocycles. The van der Waals surface area contributed by atoms with Crippen LogP contribution in [-0.2, 0) is 17.9 Å². The Kier molecular flexibility index (Phi) is 6.05. The smallest absolute Gasteiger partial charge is 0.264 e. The van der Waals surface area contributed by atoms with Crippen LogP contribution in [0.5, 0.6) is 11.5 Å². The quantitative estimate of drug-likeness (QED) is 0.334. The van der Waals surface area contributed by atoms with Gasteiger partial charge in [-0.05, 0) is 29.8 Å². The summed E-state index contributed by atoms with van der Waals surface area (Å²) in [5, 5.41) is 7.83. The Morgan fingerprint density at radius 3 is 2.35 bits per heavy atom. The number of ether oxygens (including phenoxy) is 1. The van der Waals surface area contributed by atoms with Crippen molar-refractivity contribution in [2.24, 2.45) is 0 Å². The lowest BCUT2D eigenvalue weighted by Gasteiger charge is -2.27. The van der Waals surface area contributed by atoms with Crippen LogP contribution in [0.1, 0.15) is 22.6 Å². The number of amides is 1. The maximum absolute atomic E-state index is 13.3. The Morgan fingerprint density at radius 2 is 1.65 bits per heavy atom. The van der Waals surface area contributed by atoms with E-state index in [9.17, 15) is 9.59 Å². The average Bonchev–Trinajstić information content (AvgIpc) is 3.33. The van der Waals surface area contributed by atoms with E-state index < -0.39 is 5.92 Å². The van der Waals surface area contributed by atoms with E-state index in [1.165, 1.54) is 6.20 Å². The lowest BCUT2D eigenvalue weighted by atomic mass is 9.87. The van der Waals surface area contributed by atoms with Crippen molar-refractivity contribution in [2.45, 2.75) is 19.0 Å². The predicted octanol–water partition coefficient (Wildman–Crippen LogP) is 4.46. The molecule has 37 heavy (non-hydrogen) atoms. The molecule has 184 valence electrons. The third-order valence-electron chi connectivity index (χ3n) is 6.45. The zero-order valence-electron chi connectivity index (χ0n) is 19.7. The molecule has 8 nitrogen and oxygen atoms in total. The molecular weight excluding hydrogens is 534 g/mol. The number of hydrogen-bond donors (Lipinski definition) is 1. The highest BCUT2D eigenvalue weighted by atomic mass is 79.9. The minimum absolute atomic E-state index is 0.121. The van der Waals surface area contributed by atoms with Crippen LogP contribution in [0.3, 0.4) is 0 Å². The summed E-state index contributed by atoms with van der Waals surface area (Å²) in [5.41, 5.74) is 3.00. The van der Waals surface area contributed by atoms with Crippen LogP contribution in [0.15, 0.2) is 94.6 Å². The van der Waals surface area contributed by atoms with Crippen LogP contribution in [0.4, 0.5) is 0 Å². The maximum Gasteiger partial charge on any atom is 0.264 e. The zero-order valence-corrected chi connectivity index (χ0v) is 21.3. The monoisotopic (exact) mass is 555 g/mol. The van der Waals surface area contributed by atoms with Gasteiger partial charge in [0.2, 0.25) is 5.91 Å². The molecule has 0 radical (unpaired) electrons. The van der Waals surface area contributed by atoms with Gasteiger partial charge in [0.1, 0.15) is 23.2 Å². The highest BCUT2D eigenvalue weighted by Gasteiger charge is 2.32. The molecule has 1 aliphatic heterocycles. The minimum atomic E-state index is -0.473. The molecule has 2 aromatic heterocycles. The van der Waals surface area contributed by atoms with Gasteiger partial charge in [0.15, 0.2) is 5.65 Å². The van der Waals surface area contributed by atoms with Crippen molar-refractivity contribution in [3.8, 4) is 11.5 Å². The Hall–Kier alpha value is -4.24. The standard InChI is InChI=1S/C28H22BrN5O3/c29-19-11-9-18(10-12-19)16-33-17-31-26-22(28(33)36)15-32-34(26)14-13-30-27(35)25-20-5-1-3-7-23(20)37-24-8-4-2-6-21(24)25/h1-12,15,17,25H,13-14,16H2,(H,30,35). The van der Waals surface area contributed by atoms with Gasteiger partial charge < -0.3 is 10.1 Å². The molecule has 1 N–H and O–H groups in total. The molecule has 9 heteroatoms. The number of para-hydroxylation sites is 2. The van der Waals surface area contributed by atoms with Crippen molar-refractivity contribution in [2.75, 3.05) is 6.54 Å². The lowest BCUT2D eigenvalue weighted by molar-refractivity contribution is -0.121. The molecule has 0 fully saturated rings. The summed E-state index contributed by atoms with van der Waals surface area (Å²) >= 11 is 3.42. The van der Waals surface area contributed by atoms with Crippen molar-refractivity contribution in [3.05, 3.63) is 117 Å². The summed E-state index contributed by atoms with van der Waals surface area (Å²) < 4.78 is 10.2. The van der Waals surface area contributed by atoms with Gasteiger partial charge in [0.05, 0.1) is 25.2 Å².